The van der Waals surface area contributed by atoms with Crippen LogP contribution in [0.1, 0.15) is 25.7 Å². The number of rotatable bonds is 2. The fraction of sp³-hybridized carbons (Fsp3) is 0.833. The van der Waals surface area contributed by atoms with Crippen LogP contribution in [-0.2, 0) is 9.59 Å². The molecular weight excluding hydrogens is 238 g/mol. The van der Waals surface area contributed by atoms with Gasteiger partial charge in [0.25, 0.3) is 0 Å². The molecule has 4 atom stereocenters. The van der Waals surface area contributed by atoms with E-state index in [0.717, 1.165) is 12.3 Å². The molecule has 17 heavy (non-hydrogen) atoms. The molecule has 1 heterocycles. The van der Waals surface area contributed by atoms with Crippen molar-refractivity contribution in [3.05, 3.63) is 0 Å². The van der Waals surface area contributed by atoms with Gasteiger partial charge in [0.05, 0.1) is 5.88 Å². The van der Waals surface area contributed by atoms with E-state index in [1.165, 1.54) is 19.3 Å². The maximum Gasteiger partial charge on any atom is 0.327 e. The summed E-state index contributed by atoms with van der Waals surface area (Å²) in [5.74, 6) is 1.74. The first-order chi connectivity index (χ1) is 8.16. The lowest BCUT2D eigenvalue weighted by molar-refractivity contribution is -0.150. The number of hydrogen-bond donors (Lipinski definition) is 1. The molecule has 3 fully saturated rings. The Kier molecular flexibility index (Phi) is 2.81. The highest BCUT2D eigenvalue weighted by Crippen LogP contribution is 2.49. The highest BCUT2D eigenvalue weighted by Gasteiger charge is 2.47. The normalized spacial score (nSPS) is 39.9. The molecule has 0 aromatic rings. The molecule has 5 heteroatoms. The molecule has 1 saturated heterocycles. The number of carbonyl (C=O) groups excluding carboxylic acids is 1. The third-order valence-corrected chi connectivity index (χ3v) is 5.52. The molecule has 4 unspecified atom stereocenters. The summed E-state index contributed by atoms with van der Waals surface area (Å²) < 4.78 is 0. The maximum absolute atomic E-state index is 12.4. The van der Waals surface area contributed by atoms with Crippen molar-refractivity contribution in [3.63, 3.8) is 0 Å². The fourth-order valence-electron chi connectivity index (χ4n) is 3.62. The lowest BCUT2D eigenvalue weighted by Crippen LogP contribution is -2.45. The number of nitrogens with zero attached hydrogens (tertiary/aromatic N) is 1. The molecule has 1 aliphatic heterocycles. The van der Waals surface area contributed by atoms with Crippen molar-refractivity contribution in [1.29, 1.82) is 0 Å². The average molecular weight is 255 g/mol. The van der Waals surface area contributed by atoms with Crippen molar-refractivity contribution in [2.45, 2.75) is 31.7 Å². The number of carboxylic acid groups (broad SMARTS) is 1. The molecule has 2 aliphatic carbocycles. The minimum atomic E-state index is -0.855. The van der Waals surface area contributed by atoms with E-state index >= 15 is 0 Å². The molecule has 0 radical (unpaired) electrons. The van der Waals surface area contributed by atoms with Crippen molar-refractivity contribution >= 4 is 23.6 Å². The summed E-state index contributed by atoms with van der Waals surface area (Å²) in [7, 11) is 0. The number of fused-ring (bicyclic) bond motifs is 2. The molecule has 94 valence electrons. The van der Waals surface area contributed by atoms with Gasteiger partial charge in [-0.05, 0) is 31.1 Å². The quantitative estimate of drug-likeness (QED) is 0.810. The van der Waals surface area contributed by atoms with Crippen LogP contribution in [0.5, 0.6) is 0 Å². The van der Waals surface area contributed by atoms with Gasteiger partial charge in [-0.2, -0.15) is 0 Å². The van der Waals surface area contributed by atoms with E-state index in [0.29, 0.717) is 17.5 Å². The molecule has 1 amide bonds. The largest absolute Gasteiger partial charge is 0.480 e. The van der Waals surface area contributed by atoms with Crippen LogP contribution in [0, 0.1) is 17.8 Å². The first kappa shape index (κ1) is 11.4. The third-order valence-electron chi connectivity index (χ3n) is 4.51. The van der Waals surface area contributed by atoms with Crippen LogP contribution in [0.4, 0.5) is 0 Å². The van der Waals surface area contributed by atoms with Crippen LogP contribution >= 0.6 is 11.8 Å². The van der Waals surface area contributed by atoms with Crippen LogP contribution < -0.4 is 0 Å². The van der Waals surface area contributed by atoms with E-state index in [-0.39, 0.29) is 11.8 Å². The number of amides is 1. The Labute approximate surface area is 105 Å². The van der Waals surface area contributed by atoms with Gasteiger partial charge in [-0.25, -0.2) is 4.79 Å². The van der Waals surface area contributed by atoms with Gasteiger partial charge in [0.15, 0.2) is 0 Å². The number of carboxylic acids is 1. The minimum absolute atomic E-state index is 0.106. The second kappa shape index (κ2) is 4.19. The Morgan fingerprint density at radius 1 is 1.24 bits per heavy atom. The summed E-state index contributed by atoms with van der Waals surface area (Å²) in [5, 5.41) is 9.10. The Morgan fingerprint density at radius 3 is 2.65 bits per heavy atom. The van der Waals surface area contributed by atoms with E-state index in [9.17, 15) is 9.59 Å². The van der Waals surface area contributed by atoms with Gasteiger partial charge in [-0.1, -0.05) is 6.42 Å². The number of thioether (sulfide) groups is 1. The summed E-state index contributed by atoms with van der Waals surface area (Å²) >= 11 is 1.55. The Balaban J connectivity index is 1.71. The monoisotopic (exact) mass is 255 g/mol. The van der Waals surface area contributed by atoms with Gasteiger partial charge in [0.1, 0.15) is 6.04 Å². The minimum Gasteiger partial charge on any atom is -0.480 e. The van der Waals surface area contributed by atoms with Crippen LogP contribution in [0.25, 0.3) is 0 Å². The second-order valence-corrected chi connectivity index (χ2v) is 6.44. The van der Waals surface area contributed by atoms with E-state index in [1.807, 2.05) is 0 Å². The Bertz CT molecular complexity index is 360. The highest BCUT2D eigenvalue weighted by molar-refractivity contribution is 7.99. The summed E-state index contributed by atoms with van der Waals surface area (Å²) in [6, 6.07) is -0.591. The SMILES string of the molecule is O=C(O)C1CSCN1C(=O)C1CC2CCC1C2. The summed E-state index contributed by atoms with van der Waals surface area (Å²) in [5.41, 5.74) is 0. The lowest BCUT2D eigenvalue weighted by Gasteiger charge is -2.28. The van der Waals surface area contributed by atoms with E-state index < -0.39 is 12.0 Å². The predicted molar refractivity (Wildman–Crippen MR) is 64.5 cm³/mol. The van der Waals surface area contributed by atoms with Crippen LogP contribution in [0.3, 0.4) is 0 Å². The molecular formula is C12H17NO3S. The fourth-order valence-corrected chi connectivity index (χ4v) is 4.78. The number of carbonyl (C=O) groups is 2. The molecule has 0 spiro atoms. The molecule has 3 aliphatic rings. The molecule has 0 aromatic carbocycles. The van der Waals surface area contributed by atoms with Crippen molar-refractivity contribution in [3.8, 4) is 0 Å². The van der Waals surface area contributed by atoms with Crippen molar-refractivity contribution in [1.82, 2.24) is 4.90 Å². The van der Waals surface area contributed by atoms with E-state index in [4.69, 9.17) is 5.11 Å². The van der Waals surface area contributed by atoms with Crippen molar-refractivity contribution in [2.75, 3.05) is 11.6 Å². The summed E-state index contributed by atoms with van der Waals surface area (Å²) in [6.45, 7) is 0. The molecule has 1 N–H and O–H groups in total. The van der Waals surface area contributed by atoms with Gasteiger partial charge >= 0.3 is 5.97 Å². The molecule has 0 aromatic heterocycles. The summed E-state index contributed by atoms with van der Waals surface area (Å²) in [4.78, 5) is 25.1. The maximum atomic E-state index is 12.4. The first-order valence-corrected chi connectivity index (χ1v) is 7.43. The first-order valence-electron chi connectivity index (χ1n) is 6.28. The van der Waals surface area contributed by atoms with Gasteiger partial charge < -0.3 is 10.0 Å². The number of aliphatic carboxylic acids is 1. The highest BCUT2D eigenvalue weighted by atomic mass is 32.2. The average Bonchev–Trinajstić information content (AvgIpc) is 3.02. The topological polar surface area (TPSA) is 57.6 Å². The second-order valence-electron chi connectivity index (χ2n) is 5.44. The van der Waals surface area contributed by atoms with Crippen LogP contribution in [0.2, 0.25) is 0 Å². The predicted octanol–water partition coefficient (Wildman–Crippen LogP) is 1.41. The van der Waals surface area contributed by atoms with Crippen molar-refractivity contribution < 1.29 is 14.7 Å². The molecule has 3 rings (SSSR count). The van der Waals surface area contributed by atoms with Gasteiger partial charge in [-0.3, -0.25) is 4.79 Å². The Morgan fingerprint density at radius 2 is 2.06 bits per heavy atom. The zero-order chi connectivity index (χ0) is 12.0. The van der Waals surface area contributed by atoms with E-state index in [2.05, 4.69) is 0 Å². The third kappa shape index (κ3) is 1.84. The Hall–Kier alpha value is -0.710. The van der Waals surface area contributed by atoms with Gasteiger partial charge in [0, 0.05) is 11.7 Å². The molecule has 2 bridgehead atoms. The standard InChI is InChI=1S/C12H17NO3S/c14-11(9-4-7-1-2-8(9)3-7)13-6-17-5-10(13)12(15)16/h7-10H,1-6H2,(H,15,16). The van der Waals surface area contributed by atoms with Crippen LogP contribution in [0.15, 0.2) is 0 Å². The zero-order valence-electron chi connectivity index (χ0n) is 9.67. The smallest absolute Gasteiger partial charge is 0.327 e. The molecule has 2 saturated carbocycles. The van der Waals surface area contributed by atoms with Gasteiger partial charge in [-0.15, -0.1) is 11.8 Å². The molecule has 4 nitrogen and oxygen atoms in total. The zero-order valence-corrected chi connectivity index (χ0v) is 10.5. The summed E-state index contributed by atoms with van der Waals surface area (Å²) in [6.07, 6.45) is 4.62. The number of hydrogen-bond acceptors (Lipinski definition) is 3. The van der Waals surface area contributed by atoms with Crippen LogP contribution in [-0.4, -0.2) is 39.6 Å². The van der Waals surface area contributed by atoms with E-state index in [1.54, 1.807) is 16.7 Å². The van der Waals surface area contributed by atoms with Crippen molar-refractivity contribution in [2.24, 2.45) is 17.8 Å². The van der Waals surface area contributed by atoms with Gasteiger partial charge in [0.2, 0.25) is 5.91 Å². The lowest BCUT2D eigenvalue weighted by atomic mass is 9.87.